The first-order chi connectivity index (χ1) is 8.90. The van der Waals surface area contributed by atoms with Crippen LogP contribution < -0.4 is 5.32 Å². The van der Waals surface area contributed by atoms with Gasteiger partial charge in [0.25, 0.3) is 0 Å². The fourth-order valence-electron chi connectivity index (χ4n) is 1.81. The van der Waals surface area contributed by atoms with Crippen LogP contribution >= 0.6 is 22.7 Å². The summed E-state index contributed by atoms with van der Waals surface area (Å²) in [6.07, 6.45) is 2.90. The minimum Gasteiger partial charge on any atom is -0.312 e. The Labute approximate surface area is 123 Å². The van der Waals surface area contributed by atoms with Crippen LogP contribution in [0.3, 0.4) is 0 Å². The molecule has 0 aliphatic heterocycles. The normalized spacial score (nSPS) is 13.7. The summed E-state index contributed by atoms with van der Waals surface area (Å²) >= 11 is 3.51. The molecular weight excluding hydrogens is 274 g/mol. The van der Waals surface area contributed by atoms with E-state index < -0.39 is 0 Å². The van der Waals surface area contributed by atoms with E-state index in [4.69, 9.17) is 4.98 Å². The van der Waals surface area contributed by atoms with E-state index in [2.05, 4.69) is 36.5 Å². The Morgan fingerprint density at radius 3 is 2.58 bits per heavy atom. The summed E-state index contributed by atoms with van der Waals surface area (Å²) in [6, 6.07) is 0.310. The first-order valence-corrected chi connectivity index (χ1v) is 8.14. The van der Waals surface area contributed by atoms with E-state index in [-0.39, 0.29) is 5.41 Å². The first-order valence-electron chi connectivity index (χ1n) is 6.44. The maximum Gasteiger partial charge on any atom is 0.0947 e. The topological polar surface area (TPSA) is 37.8 Å². The number of rotatable bonds is 4. The molecule has 0 saturated carbocycles. The average Bonchev–Trinajstić information content (AvgIpc) is 2.94. The number of nitrogens with zero attached hydrogens (tertiary/aromatic N) is 2. The number of nitrogens with one attached hydrogen (secondary N) is 1. The molecule has 2 rings (SSSR count). The lowest BCUT2D eigenvalue weighted by molar-refractivity contribution is 0.562. The Morgan fingerprint density at radius 1 is 1.37 bits per heavy atom. The summed E-state index contributed by atoms with van der Waals surface area (Å²) < 4.78 is 0. The van der Waals surface area contributed by atoms with Crippen LogP contribution in [0.1, 0.15) is 47.4 Å². The zero-order valence-electron chi connectivity index (χ0n) is 12.2. The highest BCUT2D eigenvalue weighted by molar-refractivity contribution is 7.11. The SMILES string of the molecule is CNC(Cc1nc(C(C)(C)C)cs1)c1cnc(C)s1. The van der Waals surface area contributed by atoms with Gasteiger partial charge in [-0.15, -0.1) is 22.7 Å². The maximum absolute atomic E-state index is 4.76. The Balaban J connectivity index is 2.13. The van der Waals surface area contributed by atoms with Crippen molar-refractivity contribution in [1.29, 1.82) is 0 Å². The van der Waals surface area contributed by atoms with Crippen LogP contribution in [0.5, 0.6) is 0 Å². The predicted molar refractivity (Wildman–Crippen MR) is 83.2 cm³/mol. The highest BCUT2D eigenvalue weighted by Crippen LogP contribution is 2.28. The second kappa shape index (κ2) is 5.69. The molecule has 2 aromatic heterocycles. The molecule has 1 N–H and O–H groups in total. The number of likely N-dealkylation sites (N-methyl/N-ethyl adjacent to an activating group) is 1. The zero-order valence-corrected chi connectivity index (χ0v) is 13.8. The molecule has 19 heavy (non-hydrogen) atoms. The van der Waals surface area contributed by atoms with Gasteiger partial charge in [-0.05, 0) is 14.0 Å². The van der Waals surface area contributed by atoms with Gasteiger partial charge in [-0.1, -0.05) is 20.8 Å². The molecule has 1 unspecified atom stereocenters. The molecule has 0 amide bonds. The molecule has 0 aliphatic rings. The standard InChI is InChI=1S/C14H21N3S2/c1-9-16-7-11(19-9)10(15-5)6-13-17-12(8-18-13)14(2,3)4/h7-8,10,15H,6H2,1-5H3. The van der Waals surface area contributed by atoms with Gasteiger partial charge in [-0.25, -0.2) is 9.97 Å². The molecule has 2 aromatic rings. The Bertz CT molecular complexity index is 537. The third kappa shape index (κ3) is 3.61. The van der Waals surface area contributed by atoms with Crippen molar-refractivity contribution < 1.29 is 0 Å². The Hall–Kier alpha value is -0.780. The highest BCUT2D eigenvalue weighted by Gasteiger charge is 2.20. The van der Waals surface area contributed by atoms with Gasteiger partial charge in [0.2, 0.25) is 0 Å². The molecule has 0 radical (unpaired) electrons. The number of hydrogen-bond donors (Lipinski definition) is 1. The summed E-state index contributed by atoms with van der Waals surface area (Å²) in [5, 5.41) is 7.85. The van der Waals surface area contributed by atoms with E-state index in [1.165, 1.54) is 15.6 Å². The molecule has 2 heterocycles. The lowest BCUT2D eigenvalue weighted by Gasteiger charge is -2.15. The van der Waals surface area contributed by atoms with E-state index in [1.807, 2.05) is 20.2 Å². The molecule has 3 nitrogen and oxygen atoms in total. The van der Waals surface area contributed by atoms with Crippen molar-refractivity contribution in [1.82, 2.24) is 15.3 Å². The quantitative estimate of drug-likeness (QED) is 0.934. The van der Waals surface area contributed by atoms with Crippen LogP contribution in [0, 0.1) is 6.92 Å². The van der Waals surface area contributed by atoms with E-state index >= 15 is 0 Å². The van der Waals surface area contributed by atoms with Crippen molar-refractivity contribution in [2.24, 2.45) is 0 Å². The van der Waals surface area contributed by atoms with Crippen molar-refractivity contribution in [3.05, 3.63) is 32.2 Å². The number of aryl methyl sites for hydroxylation is 1. The monoisotopic (exact) mass is 295 g/mol. The largest absolute Gasteiger partial charge is 0.312 e. The fraction of sp³-hybridized carbons (Fsp3) is 0.571. The molecule has 0 aliphatic carbocycles. The number of thiazole rings is 2. The van der Waals surface area contributed by atoms with Gasteiger partial charge in [-0.3, -0.25) is 0 Å². The van der Waals surface area contributed by atoms with Crippen molar-refractivity contribution in [3.8, 4) is 0 Å². The van der Waals surface area contributed by atoms with Gasteiger partial charge < -0.3 is 5.32 Å². The third-order valence-electron chi connectivity index (χ3n) is 3.03. The second-order valence-corrected chi connectivity index (χ2v) is 7.91. The van der Waals surface area contributed by atoms with Crippen LogP contribution in [-0.2, 0) is 11.8 Å². The van der Waals surface area contributed by atoms with Crippen LogP contribution in [-0.4, -0.2) is 17.0 Å². The average molecular weight is 295 g/mol. The van der Waals surface area contributed by atoms with Gasteiger partial charge in [0.15, 0.2) is 0 Å². The van der Waals surface area contributed by atoms with Gasteiger partial charge in [0.05, 0.1) is 15.7 Å². The molecule has 0 bridgehead atoms. The van der Waals surface area contributed by atoms with Crippen LogP contribution in [0.25, 0.3) is 0 Å². The van der Waals surface area contributed by atoms with Gasteiger partial charge in [0.1, 0.15) is 0 Å². The lowest BCUT2D eigenvalue weighted by atomic mass is 9.93. The molecular formula is C14H21N3S2. The molecule has 1 atom stereocenters. The summed E-state index contributed by atoms with van der Waals surface area (Å²) in [5.74, 6) is 0. The van der Waals surface area contributed by atoms with Crippen LogP contribution in [0.4, 0.5) is 0 Å². The first kappa shape index (κ1) is 14.6. The lowest BCUT2D eigenvalue weighted by Crippen LogP contribution is -2.18. The number of hydrogen-bond acceptors (Lipinski definition) is 5. The van der Waals surface area contributed by atoms with Crippen LogP contribution in [0.2, 0.25) is 0 Å². The Morgan fingerprint density at radius 2 is 2.11 bits per heavy atom. The van der Waals surface area contributed by atoms with Crippen molar-refractivity contribution >= 4 is 22.7 Å². The van der Waals surface area contributed by atoms with Gasteiger partial charge >= 0.3 is 0 Å². The molecule has 5 heteroatoms. The van der Waals surface area contributed by atoms with Crippen molar-refractivity contribution in [2.45, 2.75) is 45.6 Å². The molecule has 0 spiro atoms. The third-order valence-corrected chi connectivity index (χ3v) is 4.93. The molecule has 0 aromatic carbocycles. The minimum atomic E-state index is 0.130. The van der Waals surface area contributed by atoms with Gasteiger partial charge in [0, 0.05) is 34.3 Å². The second-order valence-electron chi connectivity index (χ2n) is 5.70. The van der Waals surface area contributed by atoms with Crippen LogP contribution in [0.15, 0.2) is 11.6 Å². The van der Waals surface area contributed by atoms with E-state index in [1.54, 1.807) is 22.7 Å². The van der Waals surface area contributed by atoms with Gasteiger partial charge in [-0.2, -0.15) is 0 Å². The molecule has 104 valence electrons. The summed E-state index contributed by atoms with van der Waals surface area (Å²) in [5.41, 5.74) is 1.31. The van der Waals surface area contributed by atoms with E-state index in [0.717, 1.165) is 11.4 Å². The highest BCUT2D eigenvalue weighted by atomic mass is 32.1. The summed E-state index contributed by atoms with van der Waals surface area (Å²) in [7, 11) is 2.00. The predicted octanol–water partition coefficient (Wildman–Crippen LogP) is 3.71. The smallest absolute Gasteiger partial charge is 0.0947 e. The zero-order chi connectivity index (χ0) is 14.0. The van der Waals surface area contributed by atoms with Crippen molar-refractivity contribution in [3.63, 3.8) is 0 Å². The summed E-state index contributed by atoms with van der Waals surface area (Å²) in [6.45, 7) is 8.65. The maximum atomic E-state index is 4.76. The fourth-order valence-corrected chi connectivity index (χ4v) is 3.77. The van der Waals surface area contributed by atoms with E-state index in [0.29, 0.717) is 6.04 Å². The molecule has 0 fully saturated rings. The minimum absolute atomic E-state index is 0.130. The summed E-state index contributed by atoms with van der Waals surface area (Å²) in [4.78, 5) is 10.4. The number of aromatic nitrogens is 2. The molecule has 0 saturated heterocycles. The Kier molecular flexibility index (Phi) is 4.38. The van der Waals surface area contributed by atoms with Crippen molar-refractivity contribution in [2.75, 3.05) is 7.05 Å². The van der Waals surface area contributed by atoms with E-state index in [9.17, 15) is 0 Å².